The Hall–Kier alpha value is 1.73. The zero-order chi connectivity index (χ0) is 3.58. The van der Waals surface area contributed by atoms with Crippen LogP contribution < -0.4 is 34.7 Å². The van der Waals surface area contributed by atoms with Crippen LogP contribution in [0.2, 0.25) is 0 Å². The summed E-state index contributed by atoms with van der Waals surface area (Å²) in [6.07, 6.45) is 0. The molecular formula is C2H5CaNaO2. The molecular weight excluding hydrogens is 119 g/mol. The summed E-state index contributed by atoms with van der Waals surface area (Å²) in [6, 6.07) is 0. The molecule has 0 atom stereocenters. The third-order valence-corrected chi connectivity index (χ3v) is 0. The van der Waals surface area contributed by atoms with Crippen molar-refractivity contribution in [3.8, 4) is 0 Å². The monoisotopic (exact) mass is 124 g/mol. The molecule has 0 aromatic heterocycles. The van der Waals surface area contributed by atoms with E-state index in [4.69, 9.17) is 9.90 Å². The summed E-state index contributed by atoms with van der Waals surface area (Å²) in [4.78, 5) is 8.89. The summed E-state index contributed by atoms with van der Waals surface area (Å²) in [5.74, 6) is -1.08. The van der Waals surface area contributed by atoms with Gasteiger partial charge in [-0.15, -0.1) is 0 Å². The van der Waals surface area contributed by atoms with Gasteiger partial charge in [-0.25, -0.2) is 0 Å². The van der Waals surface area contributed by atoms with Gasteiger partial charge >= 0.3 is 67.3 Å². The second kappa shape index (κ2) is 9.88. The molecule has 0 aliphatic carbocycles. The normalized spacial score (nSPS) is 4.17. The molecule has 0 unspecified atom stereocenters. The number of rotatable bonds is 0. The molecule has 28 valence electrons. The summed E-state index contributed by atoms with van der Waals surface area (Å²) >= 11 is 0. The number of hydrogen-bond acceptors (Lipinski definition) is 2. The molecule has 0 aliphatic rings. The van der Waals surface area contributed by atoms with Gasteiger partial charge in [0.1, 0.15) is 0 Å². The number of carbonyl (C=O) groups is 1. The maximum absolute atomic E-state index is 8.89. The van der Waals surface area contributed by atoms with E-state index in [1.54, 1.807) is 0 Å². The smallest absolute Gasteiger partial charge is 1.00 e. The zero-order valence-corrected chi connectivity index (χ0v) is 8.23. The van der Waals surface area contributed by atoms with Crippen LogP contribution in [-0.2, 0) is 4.79 Å². The van der Waals surface area contributed by atoms with E-state index in [9.17, 15) is 0 Å². The summed E-state index contributed by atoms with van der Waals surface area (Å²) in [7, 11) is 0. The number of carboxylic acids is 1. The Balaban J connectivity index is -0.00000000750. The minimum Gasteiger partial charge on any atom is -1.00 e. The average Bonchev–Trinajstić information content (AvgIpc) is 0.811. The van der Waals surface area contributed by atoms with E-state index >= 15 is 0 Å². The van der Waals surface area contributed by atoms with Gasteiger partial charge in [-0.1, -0.05) is 0 Å². The van der Waals surface area contributed by atoms with Crippen molar-refractivity contribution in [3.63, 3.8) is 0 Å². The maximum atomic E-state index is 8.89. The summed E-state index contributed by atoms with van der Waals surface area (Å²) in [5, 5.41) is 8.89. The van der Waals surface area contributed by atoms with Gasteiger partial charge in [0.15, 0.2) is 0 Å². The molecule has 0 heterocycles. The SMILES string of the molecule is CC(=O)[O-].[Ca+2].[H-].[H-].[Na+]. The summed E-state index contributed by atoms with van der Waals surface area (Å²) in [6.45, 7) is 0.972. The molecule has 0 N–H and O–H groups in total. The number of hydrogen-bond donors (Lipinski definition) is 0. The van der Waals surface area contributed by atoms with Crippen LogP contribution in [0.5, 0.6) is 0 Å². The summed E-state index contributed by atoms with van der Waals surface area (Å²) in [5.41, 5.74) is 0. The van der Waals surface area contributed by atoms with Crippen molar-refractivity contribution < 1.29 is 42.3 Å². The van der Waals surface area contributed by atoms with Gasteiger partial charge in [-0.2, -0.15) is 0 Å². The van der Waals surface area contributed by atoms with E-state index in [1.165, 1.54) is 0 Å². The fraction of sp³-hybridized carbons (Fsp3) is 0.500. The first-order valence-corrected chi connectivity index (χ1v) is 0.908. The van der Waals surface area contributed by atoms with Gasteiger partial charge in [0.2, 0.25) is 0 Å². The molecule has 0 amide bonds. The molecule has 6 heavy (non-hydrogen) atoms. The minimum absolute atomic E-state index is 0. The van der Waals surface area contributed by atoms with Crippen LogP contribution in [0.3, 0.4) is 0 Å². The number of aliphatic carboxylic acids is 1. The third kappa shape index (κ3) is 42.8. The molecule has 0 bridgehead atoms. The number of carbonyl (C=O) groups excluding carboxylic acids is 1. The predicted octanol–water partition coefficient (Wildman–Crippen LogP) is -4.40. The fourth-order valence-corrected chi connectivity index (χ4v) is 0. The molecule has 0 fully saturated rings. The zero-order valence-electron chi connectivity index (χ0n) is 6.02. The second-order valence-electron chi connectivity index (χ2n) is 0.492. The van der Waals surface area contributed by atoms with E-state index in [0.29, 0.717) is 0 Å². The molecule has 0 radical (unpaired) electrons. The standard InChI is InChI=1S/C2H4O2.Ca.Na.2H/c1-2(3)4;;;;/h1H3,(H,3,4);;;;/q;+2;+1;2*-1/p-1. The fourth-order valence-electron chi connectivity index (χ4n) is 0. The van der Waals surface area contributed by atoms with E-state index in [2.05, 4.69) is 0 Å². The van der Waals surface area contributed by atoms with E-state index < -0.39 is 5.97 Å². The minimum atomic E-state index is -1.08. The van der Waals surface area contributed by atoms with Crippen LogP contribution in [0.15, 0.2) is 0 Å². The molecule has 0 aromatic rings. The molecule has 0 spiro atoms. The first kappa shape index (κ1) is 15.6. The average molecular weight is 124 g/mol. The van der Waals surface area contributed by atoms with Gasteiger partial charge < -0.3 is 12.8 Å². The Bertz CT molecular complexity index is 41.0. The quantitative estimate of drug-likeness (QED) is 0.306. The van der Waals surface area contributed by atoms with Crippen LogP contribution in [0.4, 0.5) is 0 Å². The van der Waals surface area contributed by atoms with Crippen LogP contribution in [-0.4, -0.2) is 43.7 Å². The second-order valence-corrected chi connectivity index (χ2v) is 0.492. The van der Waals surface area contributed by atoms with Crippen LogP contribution in [0.1, 0.15) is 9.78 Å². The van der Waals surface area contributed by atoms with Gasteiger partial charge in [-0.05, 0) is 6.92 Å². The van der Waals surface area contributed by atoms with Crippen molar-refractivity contribution in [1.29, 1.82) is 0 Å². The Morgan fingerprint density at radius 2 is 1.83 bits per heavy atom. The van der Waals surface area contributed by atoms with E-state index in [1.807, 2.05) is 0 Å². The Morgan fingerprint density at radius 3 is 1.83 bits per heavy atom. The Kier molecular flexibility index (Phi) is 25.8. The Labute approximate surface area is 91.6 Å². The van der Waals surface area contributed by atoms with Crippen molar-refractivity contribution in [3.05, 3.63) is 0 Å². The van der Waals surface area contributed by atoms with Crippen molar-refractivity contribution in [2.45, 2.75) is 6.92 Å². The van der Waals surface area contributed by atoms with Gasteiger partial charge in [0.05, 0.1) is 0 Å². The molecule has 4 heteroatoms. The molecule has 0 rings (SSSR count). The first-order chi connectivity index (χ1) is 1.73. The van der Waals surface area contributed by atoms with Crippen molar-refractivity contribution >= 4 is 43.7 Å². The van der Waals surface area contributed by atoms with Gasteiger partial charge in [-0.3, -0.25) is 0 Å². The predicted molar refractivity (Wildman–Crippen MR) is 18.7 cm³/mol. The van der Waals surface area contributed by atoms with Crippen LogP contribution >= 0.6 is 0 Å². The molecule has 0 aromatic carbocycles. The van der Waals surface area contributed by atoms with Crippen LogP contribution in [0, 0.1) is 0 Å². The number of carboxylic acid groups (broad SMARTS) is 1. The first-order valence-electron chi connectivity index (χ1n) is 0.908. The third-order valence-electron chi connectivity index (χ3n) is 0. The van der Waals surface area contributed by atoms with E-state index in [-0.39, 0.29) is 70.1 Å². The molecule has 0 saturated heterocycles. The molecule has 0 saturated carbocycles. The maximum Gasteiger partial charge on any atom is 2.00 e. The Morgan fingerprint density at radius 1 is 1.83 bits per heavy atom. The summed E-state index contributed by atoms with van der Waals surface area (Å²) < 4.78 is 0. The van der Waals surface area contributed by atoms with Crippen LogP contribution in [0.25, 0.3) is 0 Å². The molecule has 0 aliphatic heterocycles. The van der Waals surface area contributed by atoms with Gasteiger partial charge in [0.25, 0.3) is 0 Å². The van der Waals surface area contributed by atoms with Gasteiger partial charge in [0, 0.05) is 5.97 Å². The topological polar surface area (TPSA) is 40.1 Å². The van der Waals surface area contributed by atoms with Crippen molar-refractivity contribution in [2.75, 3.05) is 0 Å². The molecule has 2 nitrogen and oxygen atoms in total. The largest absolute Gasteiger partial charge is 2.00 e. The van der Waals surface area contributed by atoms with Crippen molar-refractivity contribution in [1.82, 2.24) is 0 Å². The van der Waals surface area contributed by atoms with Crippen molar-refractivity contribution in [2.24, 2.45) is 0 Å². The van der Waals surface area contributed by atoms with E-state index in [0.717, 1.165) is 6.92 Å².